The van der Waals surface area contributed by atoms with E-state index in [9.17, 15) is 4.57 Å². The first-order valence-electron chi connectivity index (χ1n) is 4.14. The number of phosphoric acid groups is 1. The summed E-state index contributed by atoms with van der Waals surface area (Å²) in [6, 6.07) is 0.159. The van der Waals surface area contributed by atoms with Crippen LogP contribution in [0, 0.1) is 0 Å². The maximum absolute atomic E-state index is 10.6. The van der Waals surface area contributed by atoms with Crippen LogP contribution in [0.5, 0.6) is 0 Å². The van der Waals surface area contributed by atoms with Crippen molar-refractivity contribution < 1.29 is 19.0 Å². The van der Waals surface area contributed by atoms with Crippen molar-refractivity contribution in [3.63, 3.8) is 0 Å². The number of hydrogen-bond acceptors (Lipinski definition) is 4. The fraction of sp³-hybridized carbons (Fsp3) is 1.00. The molecule has 0 aliphatic carbocycles. The molecule has 1 saturated heterocycles. The maximum atomic E-state index is 10.6. The zero-order chi connectivity index (χ0) is 10.1. The number of rotatable bonds is 2. The molecule has 1 aliphatic rings. The summed E-state index contributed by atoms with van der Waals surface area (Å²) in [4.78, 5) is 17.2. The Balaban J connectivity index is 2.51. The summed E-state index contributed by atoms with van der Waals surface area (Å²) in [7, 11) is -4.40. The SMILES string of the molecule is CC1CN(OP(=O)(O)O)C(C)CN1. The van der Waals surface area contributed by atoms with Gasteiger partial charge in [-0.1, -0.05) is 0 Å². The topological polar surface area (TPSA) is 82.0 Å². The lowest BCUT2D eigenvalue weighted by molar-refractivity contribution is -0.126. The summed E-state index contributed by atoms with van der Waals surface area (Å²) in [6.07, 6.45) is 0. The summed E-state index contributed by atoms with van der Waals surface area (Å²) in [5.74, 6) is 0. The highest BCUT2D eigenvalue weighted by Gasteiger charge is 2.29. The molecule has 0 aromatic rings. The number of hydrogen-bond donors (Lipinski definition) is 3. The Morgan fingerprint density at radius 1 is 1.54 bits per heavy atom. The van der Waals surface area contributed by atoms with Gasteiger partial charge in [0.25, 0.3) is 0 Å². The first-order chi connectivity index (χ1) is 5.88. The normalized spacial score (nSPS) is 32.0. The van der Waals surface area contributed by atoms with E-state index in [1.807, 2.05) is 13.8 Å². The van der Waals surface area contributed by atoms with Crippen molar-refractivity contribution >= 4 is 7.82 Å². The van der Waals surface area contributed by atoms with E-state index in [0.29, 0.717) is 13.1 Å². The summed E-state index contributed by atoms with van der Waals surface area (Å²) in [6.45, 7) is 4.92. The number of nitrogens with one attached hydrogen (secondary N) is 1. The largest absolute Gasteiger partial charge is 0.486 e. The Kier molecular flexibility index (Phi) is 3.45. The van der Waals surface area contributed by atoms with Crippen LogP contribution >= 0.6 is 7.82 Å². The van der Waals surface area contributed by atoms with Crippen LogP contribution in [0.3, 0.4) is 0 Å². The van der Waals surface area contributed by atoms with Crippen molar-refractivity contribution in [2.75, 3.05) is 13.1 Å². The quantitative estimate of drug-likeness (QED) is 0.542. The number of nitrogens with zero attached hydrogens (tertiary/aromatic N) is 1. The van der Waals surface area contributed by atoms with Gasteiger partial charge in [0.2, 0.25) is 0 Å². The molecule has 1 fully saturated rings. The van der Waals surface area contributed by atoms with Gasteiger partial charge in [-0.25, -0.2) is 4.57 Å². The highest BCUT2D eigenvalue weighted by Crippen LogP contribution is 2.38. The lowest BCUT2D eigenvalue weighted by Crippen LogP contribution is -2.53. The third-order valence-corrected chi connectivity index (χ3v) is 2.34. The molecular formula is C6H15N2O4P. The molecule has 0 amide bonds. The standard InChI is InChI=1S/C6H15N2O4P/c1-5-4-8(6(2)3-7-5)12-13(9,10)11/h5-7H,3-4H2,1-2H3,(H2,9,10,11). The zero-order valence-electron chi connectivity index (χ0n) is 7.67. The molecule has 1 rings (SSSR count). The van der Waals surface area contributed by atoms with Crippen LogP contribution in [0.1, 0.15) is 13.8 Å². The number of piperazine rings is 1. The molecule has 7 heteroatoms. The predicted octanol–water partition coefficient (Wildman–Crippen LogP) is -0.307. The highest BCUT2D eigenvalue weighted by molar-refractivity contribution is 7.46. The molecule has 0 aromatic heterocycles. The lowest BCUT2D eigenvalue weighted by atomic mass is 10.2. The van der Waals surface area contributed by atoms with Crippen molar-refractivity contribution in [3.8, 4) is 0 Å². The average Bonchev–Trinajstić information content (AvgIpc) is 1.94. The molecule has 1 aliphatic heterocycles. The minimum absolute atomic E-state index is 0.0242. The smallest absolute Gasteiger partial charge is 0.311 e. The van der Waals surface area contributed by atoms with Crippen molar-refractivity contribution in [1.29, 1.82) is 0 Å². The van der Waals surface area contributed by atoms with Gasteiger partial charge in [-0.05, 0) is 13.8 Å². The first-order valence-corrected chi connectivity index (χ1v) is 5.67. The molecule has 13 heavy (non-hydrogen) atoms. The van der Waals surface area contributed by atoms with Gasteiger partial charge in [0.15, 0.2) is 0 Å². The van der Waals surface area contributed by atoms with E-state index in [1.54, 1.807) is 0 Å². The summed E-state index contributed by atoms with van der Waals surface area (Å²) >= 11 is 0. The molecule has 0 aromatic carbocycles. The fourth-order valence-corrected chi connectivity index (χ4v) is 1.74. The summed E-state index contributed by atoms with van der Waals surface area (Å²) in [5.41, 5.74) is 0. The monoisotopic (exact) mass is 210 g/mol. The zero-order valence-corrected chi connectivity index (χ0v) is 8.57. The van der Waals surface area contributed by atoms with E-state index in [2.05, 4.69) is 9.94 Å². The molecule has 0 spiro atoms. The average molecular weight is 210 g/mol. The fourth-order valence-electron chi connectivity index (χ4n) is 1.24. The summed E-state index contributed by atoms with van der Waals surface area (Å²) in [5, 5.41) is 4.51. The van der Waals surface area contributed by atoms with Crippen LogP contribution in [-0.2, 0) is 9.19 Å². The second-order valence-corrected chi connectivity index (χ2v) is 4.47. The Hall–Kier alpha value is 0.0300. The van der Waals surface area contributed by atoms with Crippen molar-refractivity contribution in [1.82, 2.24) is 10.4 Å². The van der Waals surface area contributed by atoms with E-state index < -0.39 is 7.82 Å². The van der Waals surface area contributed by atoms with Crippen molar-refractivity contribution in [2.45, 2.75) is 25.9 Å². The van der Waals surface area contributed by atoms with Gasteiger partial charge < -0.3 is 15.1 Å². The van der Waals surface area contributed by atoms with Crippen LogP contribution in [0.25, 0.3) is 0 Å². The Morgan fingerprint density at radius 3 is 2.69 bits per heavy atom. The van der Waals surface area contributed by atoms with Crippen molar-refractivity contribution in [2.24, 2.45) is 0 Å². The molecule has 2 atom stereocenters. The summed E-state index contributed by atoms with van der Waals surface area (Å²) < 4.78 is 15.1. The third-order valence-electron chi connectivity index (χ3n) is 1.92. The molecule has 1 heterocycles. The first kappa shape index (κ1) is 11.1. The second-order valence-electron chi connectivity index (χ2n) is 3.33. The van der Waals surface area contributed by atoms with Crippen LogP contribution < -0.4 is 5.32 Å². The van der Waals surface area contributed by atoms with Gasteiger partial charge in [0.05, 0.1) is 0 Å². The van der Waals surface area contributed by atoms with Gasteiger partial charge in [0, 0.05) is 25.2 Å². The van der Waals surface area contributed by atoms with Crippen LogP contribution in [0.4, 0.5) is 0 Å². The van der Waals surface area contributed by atoms with E-state index in [1.165, 1.54) is 5.06 Å². The third kappa shape index (κ3) is 3.72. The van der Waals surface area contributed by atoms with E-state index in [0.717, 1.165) is 0 Å². The van der Waals surface area contributed by atoms with E-state index >= 15 is 0 Å². The van der Waals surface area contributed by atoms with Crippen LogP contribution in [-0.4, -0.2) is 40.0 Å². The molecule has 2 unspecified atom stereocenters. The highest BCUT2D eigenvalue weighted by atomic mass is 31.2. The molecule has 6 nitrogen and oxygen atoms in total. The Bertz CT molecular complexity index is 219. The molecule has 0 bridgehead atoms. The van der Waals surface area contributed by atoms with E-state index in [-0.39, 0.29) is 12.1 Å². The lowest BCUT2D eigenvalue weighted by Gasteiger charge is -2.35. The van der Waals surface area contributed by atoms with Crippen molar-refractivity contribution in [3.05, 3.63) is 0 Å². The Labute approximate surface area is 77.1 Å². The van der Waals surface area contributed by atoms with Crippen LogP contribution in [0.15, 0.2) is 0 Å². The number of hydroxylamine groups is 2. The predicted molar refractivity (Wildman–Crippen MR) is 46.8 cm³/mol. The minimum atomic E-state index is -4.40. The molecule has 0 radical (unpaired) electrons. The van der Waals surface area contributed by atoms with Gasteiger partial charge in [-0.15, -0.1) is 0 Å². The minimum Gasteiger partial charge on any atom is -0.311 e. The van der Waals surface area contributed by atoms with Gasteiger partial charge in [0.1, 0.15) is 0 Å². The van der Waals surface area contributed by atoms with Gasteiger partial charge >= 0.3 is 7.82 Å². The molecule has 3 N–H and O–H groups in total. The Morgan fingerprint density at radius 2 is 2.15 bits per heavy atom. The maximum Gasteiger partial charge on any atom is 0.486 e. The molecule has 78 valence electrons. The van der Waals surface area contributed by atoms with E-state index in [4.69, 9.17) is 9.79 Å². The second kappa shape index (κ2) is 4.04. The molecular weight excluding hydrogens is 195 g/mol. The molecule has 0 saturated carbocycles. The van der Waals surface area contributed by atoms with Gasteiger partial charge in [-0.2, -0.15) is 9.69 Å². The van der Waals surface area contributed by atoms with Gasteiger partial charge in [-0.3, -0.25) is 0 Å². The van der Waals surface area contributed by atoms with Crippen LogP contribution in [0.2, 0.25) is 0 Å².